The van der Waals surface area contributed by atoms with E-state index >= 15 is 0 Å². The number of benzene rings is 2. The van der Waals surface area contributed by atoms with Crippen molar-refractivity contribution in [3.63, 3.8) is 0 Å². The first-order valence-electron chi connectivity index (χ1n) is 18.0. The zero-order chi connectivity index (χ0) is 38.2. The number of aliphatic hydroxyl groups excluding tert-OH is 5. The summed E-state index contributed by atoms with van der Waals surface area (Å²) in [6.45, 7) is -0.949. The number of aromatic nitrogens is 1. The predicted octanol–water partition coefficient (Wildman–Crippen LogP) is 3.29. The number of para-hydroxylation sites is 1. The first-order valence-corrected chi connectivity index (χ1v) is 21.3. The number of amides is 1. The van der Waals surface area contributed by atoms with Gasteiger partial charge in [0.05, 0.1) is 19.0 Å². The number of sulfonamides is 1. The number of thioether (sulfide) groups is 1. The monoisotopic (exact) mass is 791 g/mol. The molecule has 4 atom stereocenters. The lowest BCUT2D eigenvalue weighted by Gasteiger charge is -2.30. The largest absolute Gasteiger partial charge is 0.490 e. The Morgan fingerprint density at radius 1 is 1.06 bits per heavy atom. The summed E-state index contributed by atoms with van der Waals surface area (Å²) in [4.78, 5) is 19.8. The van der Waals surface area contributed by atoms with E-state index in [0.717, 1.165) is 66.6 Å². The predicted molar refractivity (Wildman–Crippen MR) is 205 cm³/mol. The highest BCUT2D eigenvalue weighted by Crippen LogP contribution is 2.55. The summed E-state index contributed by atoms with van der Waals surface area (Å²) >= 11 is 8.36. The number of nitrogens with zero attached hydrogens (tertiary/aromatic N) is 2. The van der Waals surface area contributed by atoms with Crippen LogP contribution >= 0.6 is 23.4 Å². The van der Waals surface area contributed by atoms with Gasteiger partial charge in [0, 0.05) is 47.5 Å². The molecule has 2 aromatic carbocycles. The summed E-state index contributed by atoms with van der Waals surface area (Å²) in [5.74, 6) is 0.692. The van der Waals surface area contributed by atoms with E-state index in [1.165, 1.54) is 16.0 Å². The first-order chi connectivity index (χ1) is 25.3. The van der Waals surface area contributed by atoms with Crippen LogP contribution in [0.15, 0.2) is 65.8 Å². The molecular weight excluding hydrogens is 742 g/mol. The van der Waals surface area contributed by atoms with E-state index < -0.39 is 47.0 Å². The lowest BCUT2D eigenvalue weighted by Crippen LogP contribution is -2.53. The van der Waals surface area contributed by atoms with Gasteiger partial charge in [-0.05, 0) is 110 Å². The van der Waals surface area contributed by atoms with Gasteiger partial charge in [-0.2, -0.15) is 0 Å². The molecule has 53 heavy (non-hydrogen) atoms. The second-order valence-corrected chi connectivity index (χ2v) is 17.4. The molecule has 0 radical (unpaired) electrons. The van der Waals surface area contributed by atoms with Crippen LogP contribution in [0.4, 0.5) is 0 Å². The second kappa shape index (κ2) is 18.7. The van der Waals surface area contributed by atoms with Crippen LogP contribution in [0.1, 0.15) is 56.1 Å². The number of carbonyl (C=O) groups is 1. The van der Waals surface area contributed by atoms with Crippen LogP contribution < -0.4 is 9.46 Å². The van der Waals surface area contributed by atoms with E-state index in [1.807, 2.05) is 42.7 Å². The van der Waals surface area contributed by atoms with Gasteiger partial charge < -0.3 is 35.2 Å². The maximum absolute atomic E-state index is 13.0. The summed E-state index contributed by atoms with van der Waals surface area (Å²) in [6.07, 6.45) is 4.51. The van der Waals surface area contributed by atoms with E-state index in [0.29, 0.717) is 29.7 Å². The van der Waals surface area contributed by atoms with Crippen LogP contribution in [0.3, 0.4) is 0 Å². The summed E-state index contributed by atoms with van der Waals surface area (Å²) < 4.78 is 31.7. The maximum Gasteiger partial charge on any atom is 0.254 e. The zero-order valence-corrected chi connectivity index (χ0v) is 32.2. The van der Waals surface area contributed by atoms with E-state index in [2.05, 4.69) is 27.9 Å². The number of pyridine rings is 1. The number of rotatable bonds is 22. The minimum Gasteiger partial charge on any atom is -0.490 e. The molecule has 2 saturated carbocycles. The number of halogens is 1. The molecule has 0 saturated heterocycles. The van der Waals surface area contributed by atoms with E-state index in [9.17, 15) is 33.6 Å². The van der Waals surface area contributed by atoms with Crippen LogP contribution in [0.5, 0.6) is 5.75 Å². The molecule has 1 heterocycles. The average molecular weight is 792 g/mol. The van der Waals surface area contributed by atoms with E-state index in [1.54, 1.807) is 11.8 Å². The van der Waals surface area contributed by atoms with Gasteiger partial charge in [0.25, 0.3) is 5.91 Å². The summed E-state index contributed by atoms with van der Waals surface area (Å²) in [5, 5.41) is 50.1. The third-order valence-electron chi connectivity index (χ3n) is 9.79. The molecule has 0 aliphatic heterocycles. The number of ether oxygens (including phenoxy) is 1. The molecule has 3 aromatic rings. The van der Waals surface area contributed by atoms with Crippen molar-refractivity contribution in [2.24, 2.45) is 0 Å². The van der Waals surface area contributed by atoms with Crippen molar-refractivity contribution in [1.29, 1.82) is 0 Å². The van der Waals surface area contributed by atoms with Crippen LogP contribution in [0.2, 0.25) is 5.02 Å². The van der Waals surface area contributed by atoms with Crippen molar-refractivity contribution in [2.45, 2.75) is 92.2 Å². The molecule has 2 fully saturated rings. The zero-order valence-electron chi connectivity index (χ0n) is 29.8. The average Bonchev–Trinajstić information content (AvgIpc) is 4.10. The molecule has 0 unspecified atom stereocenters. The number of aliphatic hydroxyl groups is 5. The van der Waals surface area contributed by atoms with Crippen LogP contribution in [0, 0.1) is 0 Å². The Bertz CT molecular complexity index is 1790. The van der Waals surface area contributed by atoms with Gasteiger partial charge in [0.1, 0.15) is 24.1 Å². The normalized spacial score (nSPS) is 17.5. The van der Waals surface area contributed by atoms with Crippen molar-refractivity contribution in [3.05, 3.63) is 77.1 Å². The minimum atomic E-state index is -3.54. The van der Waals surface area contributed by atoms with Crippen LogP contribution in [-0.4, -0.2) is 119 Å². The Morgan fingerprint density at radius 3 is 2.51 bits per heavy atom. The van der Waals surface area contributed by atoms with Gasteiger partial charge in [-0.15, -0.1) is 11.8 Å². The standard InChI is InChI=1S/C38H50ClN3O9S2/c1-53(49,50)41-18-20-42(37(48)36(47)35(46)34(45)32(44)24-43)19-4-5-21-52-27-10-11-31(39)25(22-27)12-14-38(15-16-38)30-23-40-17-13-28(30)29-6-2-3-7-33(29)51-26-8-9-26/h2-3,6-7,10-11,13,17,22-23,26,32,34-36,41,43-47H,4-5,8-9,12,14-16,18-21,24H2,1H3/t32-,34+,35-,36-/m0/s1. The van der Waals surface area contributed by atoms with Crippen molar-refractivity contribution in [3.8, 4) is 16.9 Å². The molecule has 1 amide bonds. The van der Waals surface area contributed by atoms with Gasteiger partial charge >= 0.3 is 0 Å². The number of nitrogens with one attached hydrogen (secondary N) is 1. The minimum absolute atomic E-state index is 0.0171. The van der Waals surface area contributed by atoms with Gasteiger partial charge in [-0.25, -0.2) is 13.1 Å². The van der Waals surface area contributed by atoms with E-state index in [-0.39, 0.29) is 25.0 Å². The number of hydrogen-bond donors (Lipinski definition) is 6. The number of hydrogen-bond acceptors (Lipinski definition) is 11. The van der Waals surface area contributed by atoms with Gasteiger partial charge in [-0.1, -0.05) is 29.8 Å². The van der Waals surface area contributed by atoms with Gasteiger partial charge in [0.15, 0.2) is 6.10 Å². The lowest BCUT2D eigenvalue weighted by atomic mass is 9.85. The topological polar surface area (TPSA) is 190 Å². The van der Waals surface area contributed by atoms with Gasteiger partial charge in [0.2, 0.25) is 10.0 Å². The summed E-state index contributed by atoms with van der Waals surface area (Å²) in [6, 6.07) is 16.4. The number of unbranched alkanes of at least 4 members (excludes halogenated alkanes) is 1. The van der Waals surface area contributed by atoms with Crippen molar-refractivity contribution in [1.82, 2.24) is 14.6 Å². The highest BCUT2D eigenvalue weighted by atomic mass is 35.5. The SMILES string of the molecule is CS(=O)(=O)NCCN(CCCCSc1ccc(Cl)c(CCC2(c3cnccc3-c3ccccc3OC3CC3)CC2)c1)C(=O)[C@@H](O)[C@@H](O)[C@H](O)[C@@H](O)CO. The molecule has 0 bridgehead atoms. The quantitative estimate of drug-likeness (QED) is 0.0647. The molecule has 0 spiro atoms. The Kier molecular flexibility index (Phi) is 14.6. The lowest BCUT2D eigenvalue weighted by molar-refractivity contribution is -0.158. The molecule has 1 aromatic heterocycles. The summed E-state index contributed by atoms with van der Waals surface area (Å²) in [7, 11) is -3.54. The molecule has 290 valence electrons. The highest BCUT2D eigenvalue weighted by Gasteiger charge is 2.45. The molecule has 5 rings (SSSR count). The van der Waals surface area contributed by atoms with Crippen molar-refractivity contribution >= 4 is 39.3 Å². The fraction of sp³-hybridized carbons (Fsp3) is 0.526. The van der Waals surface area contributed by atoms with Gasteiger partial charge in [-0.3, -0.25) is 9.78 Å². The molecule has 15 heteroatoms. The highest BCUT2D eigenvalue weighted by molar-refractivity contribution is 7.99. The van der Waals surface area contributed by atoms with Crippen molar-refractivity contribution < 1.29 is 43.5 Å². The number of aryl methyl sites for hydroxylation is 1. The maximum atomic E-state index is 13.0. The Labute approximate surface area is 320 Å². The molecule has 6 N–H and O–H groups in total. The molecular formula is C38H50ClN3O9S2. The smallest absolute Gasteiger partial charge is 0.254 e. The third kappa shape index (κ3) is 11.6. The van der Waals surface area contributed by atoms with E-state index in [4.69, 9.17) is 21.4 Å². The Hall–Kier alpha value is -2.79. The molecule has 2 aliphatic rings. The Balaban J connectivity index is 1.16. The summed E-state index contributed by atoms with van der Waals surface area (Å²) in [5.41, 5.74) is 4.60. The van der Waals surface area contributed by atoms with Crippen molar-refractivity contribution in [2.75, 3.05) is 38.2 Å². The fourth-order valence-electron chi connectivity index (χ4n) is 6.37. The Morgan fingerprint density at radius 2 is 1.81 bits per heavy atom. The fourth-order valence-corrected chi connectivity index (χ4v) is 8.02. The molecule has 2 aliphatic carbocycles. The second-order valence-electron chi connectivity index (χ2n) is 14.0. The molecule has 12 nitrogen and oxygen atoms in total. The third-order valence-corrected chi connectivity index (χ3v) is 12.0. The van der Waals surface area contributed by atoms with Crippen LogP contribution in [-0.2, 0) is 26.7 Å². The number of carbonyl (C=O) groups excluding carboxylic acids is 1. The first kappa shape index (κ1) is 41.4. The van der Waals surface area contributed by atoms with Crippen LogP contribution in [0.25, 0.3) is 11.1 Å².